The summed E-state index contributed by atoms with van der Waals surface area (Å²) >= 11 is 0. The second-order valence-electron chi connectivity index (χ2n) is 10.2. The Labute approximate surface area is 172 Å². The molecule has 1 saturated heterocycles. The average molecular weight is 391 g/mol. The lowest BCUT2D eigenvalue weighted by atomic mass is 9.60. The molecule has 29 heavy (non-hydrogen) atoms. The third kappa shape index (κ3) is 2.45. The number of nitrogens with zero attached hydrogens (tertiary/aromatic N) is 1. The Hall–Kier alpha value is -1.78. The van der Waals surface area contributed by atoms with Gasteiger partial charge < -0.3 is 10.1 Å². The van der Waals surface area contributed by atoms with Gasteiger partial charge in [0, 0.05) is 37.8 Å². The van der Waals surface area contributed by atoms with Crippen molar-refractivity contribution in [2.24, 2.45) is 11.3 Å². The molecule has 0 radical (unpaired) electrons. The fourth-order valence-corrected chi connectivity index (χ4v) is 7.30. The van der Waals surface area contributed by atoms with E-state index in [2.05, 4.69) is 35.4 Å². The van der Waals surface area contributed by atoms with Crippen LogP contribution >= 0.6 is 0 Å². The van der Waals surface area contributed by atoms with Crippen LogP contribution in [0.4, 0.5) is 0 Å². The van der Waals surface area contributed by atoms with E-state index in [0.717, 1.165) is 32.2 Å². The van der Waals surface area contributed by atoms with Gasteiger partial charge in [-0.3, -0.25) is 9.78 Å². The van der Waals surface area contributed by atoms with Crippen molar-refractivity contribution in [3.05, 3.63) is 53.4 Å². The van der Waals surface area contributed by atoms with Crippen molar-refractivity contribution in [2.75, 3.05) is 0 Å². The summed E-state index contributed by atoms with van der Waals surface area (Å²) in [6.45, 7) is 3.33. The van der Waals surface area contributed by atoms with Crippen LogP contribution < -0.4 is 5.32 Å². The summed E-state index contributed by atoms with van der Waals surface area (Å²) in [7, 11) is 0. The molecule has 2 bridgehead atoms. The first kappa shape index (κ1) is 18.0. The van der Waals surface area contributed by atoms with Crippen LogP contribution in [0.3, 0.4) is 0 Å². The summed E-state index contributed by atoms with van der Waals surface area (Å²) in [6.07, 6.45) is 16.5. The predicted molar refractivity (Wildman–Crippen MR) is 111 cm³/mol. The molecule has 2 saturated carbocycles. The van der Waals surface area contributed by atoms with Gasteiger partial charge in [-0.25, -0.2) is 0 Å². The first-order valence-corrected chi connectivity index (χ1v) is 11.3. The maximum atomic E-state index is 12.3. The number of ether oxygens (including phenoxy) is 1. The number of Topliss-reactive ketones (excluding diaryl/α,β-unsaturated/α-hetero) is 1. The highest BCUT2D eigenvalue weighted by Crippen LogP contribution is 2.66. The highest BCUT2D eigenvalue weighted by Gasteiger charge is 2.66. The summed E-state index contributed by atoms with van der Waals surface area (Å²) in [5.74, 6) is 0.906. The van der Waals surface area contributed by atoms with Gasteiger partial charge in [0.15, 0.2) is 0 Å². The van der Waals surface area contributed by atoms with Crippen molar-refractivity contribution >= 4 is 5.78 Å². The Morgan fingerprint density at radius 3 is 3.07 bits per heavy atom. The van der Waals surface area contributed by atoms with Gasteiger partial charge in [-0.2, -0.15) is 0 Å². The van der Waals surface area contributed by atoms with Gasteiger partial charge in [0.25, 0.3) is 0 Å². The molecule has 152 valence electrons. The summed E-state index contributed by atoms with van der Waals surface area (Å²) < 4.78 is 7.05. The minimum absolute atomic E-state index is 0.168. The Kier molecular flexibility index (Phi) is 3.80. The Morgan fingerprint density at radius 2 is 2.21 bits per heavy atom. The van der Waals surface area contributed by atoms with Crippen molar-refractivity contribution < 1.29 is 9.53 Å². The lowest BCUT2D eigenvalue weighted by molar-refractivity contribution is -0.147. The standard InChI is InChI=1S/C25H30N2O2/c1-23-9-8-19-13-18-4-5-20(28)14-24(18)10-11-25(19,29-24)21(23)6-7-22(23)27-16-17-3-2-12-26-15-17/h2-3,8,12-13,15,21-22,27H,4-7,9-11,14,16H2,1H3/t21-,22+,23+,24-,25-/m1/s1. The molecule has 3 fully saturated rings. The zero-order valence-electron chi connectivity index (χ0n) is 17.2. The third-order valence-electron chi connectivity index (χ3n) is 8.77. The van der Waals surface area contributed by atoms with Crippen molar-refractivity contribution in [1.82, 2.24) is 10.3 Å². The molecule has 4 nitrogen and oxygen atoms in total. The highest BCUT2D eigenvalue weighted by molar-refractivity contribution is 5.82. The van der Waals surface area contributed by atoms with Gasteiger partial charge in [-0.1, -0.05) is 25.1 Å². The number of carbonyl (C=O) groups excluding carboxylic acids is 1. The number of rotatable bonds is 3. The van der Waals surface area contributed by atoms with Crippen LogP contribution in [-0.2, 0) is 16.1 Å². The Balaban J connectivity index is 1.31. The van der Waals surface area contributed by atoms with E-state index < -0.39 is 0 Å². The van der Waals surface area contributed by atoms with E-state index in [1.165, 1.54) is 29.6 Å². The molecule has 1 aromatic heterocycles. The van der Waals surface area contributed by atoms with Gasteiger partial charge in [-0.15, -0.1) is 0 Å². The van der Waals surface area contributed by atoms with E-state index in [1.807, 2.05) is 18.5 Å². The zero-order valence-corrected chi connectivity index (χ0v) is 17.2. The number of nitrogens with one attached hydrogen (secondary N) is 1. The fraction of sp³-hybridized carbons (Fsp3) is 0.600. The van der Waals surface area contributed by atoms with Crippen LogP contribution in [-0.4, -0.2) is 28.0 Å². The summed E-state index contributed by atoms with van der Waals surface area (Å²) in [6, 6.07) is 4.64. The van der Waals surface area contributed by atoms with Crippen LogP contribution in [0, 0.1) is 11.3 Å². The highest BCUT2D eigenvalue weighted by atomic mass is 16.5. The van der Waals surface area contributed by atoms with Gasteiger partial charge >= 0.3 is 0 Å². The molecule has 5 aliphatic rings. The van der Waals surface area contributed by atoms with E-state index in [9.17, 15) is 4.79 Å². The minimum Gasteiger partial charge on any atom is -0.359 e. The molecule has 4 heteroatoms. The minimum atomic E-state index is -0.286. The van der Waals surface area contributed by atoms with Gasteiger partial charge in [0.2, 0.25) is 0 Å². The molecular formula is C25H30N2O2. The SMILES string of the molecule is C[C@]12CC=C3C=C4CCC(=O)C[C@]45CC[C@]3(O5)[C@@H]1CC[C@@H]2NCc1cccnc1. The maximum Gasteiger partial charge on any atom is 0.136 e. The lowest BCUT2D eigenvalue weighted by Gasteiger charge is -2.53. The monoisotopic (exact) mass is 390 g/mol. The molecule has 0 amide bonds. The number of carbonyl (C=O) groups is 1. The fourth-order valence-electron chi connectivity index (χ4n) is 7.30. The van der Waals surface area contributed by atoms with Crippen LogP contribution in [0.1, 0.15) is 63.9 Å². The number of pyridine rings is 1. The largest absolute Gasteiger partial charge is 0.359 e. The molecule has 1 N–H and O–H groups in total. The van der Waals surface area contributed by atoms with Crippen LogP contribution in [0.5, 0.6) is 0 Å². The third-order valence-corrected chi connectivity index (χ3v) is 8.77. The topological polar surface area (TPSA) is 51.2 Å². The van der Waals surface area contributed by atoms with Crippen LogP contribution in [0.15, 0.2) is 47.8 Å². The van der Waals surface area contributed by atoms with E-state index in [-0.39, 0.29) is 16.6 Å². The number of allylic oxidation sites excluding steroid dienone is 1. The molecule has 3 aliphatic carbocycles. The zero-order chi connectivity index (χ0) is 19.7. The summed E-state index contributed by atoms with van der Waals surface area (Å²) in [4.78, 5) is 16.5. The van der Waals surface area contributed by atoms with Crippen LogP contribution in [0.2, 0.25) is 0 Å². The molecule has 2 spiro atoms. The lowest BCUT2D eigenvalue weighted by Crippen LogP contribution is -2.56. The molecule has 0 aromatic carbocycles. The van der Waals surface area contributed by atoms with Gasteiger partial charge in [0.1, 0.15) is 5.78 Å². The van der Waals surface area contributed by atoms with E-state index >= 15 is 0 Å². The smallest absolute Gasteiger partial charge is 0.136 e. The van der Waals surface area contributed by atoms with E-state index in [0.29, 0.717) is 30.6 Å². The average Bonchev–Trinajstić information content (AvgIpc) is 3.22. The van der Waals surface area contributed by atoms with Gasteiger partial charge in [-0.05, 0) is 72.6 Å². The first-order chi connectivity index (χ1) is 14.0. The van der Waals surface area contributed by atoms with Crippen molar-refractivity contribution in [1.29, 1.82) is 0 Å². The molecule has 6 rings (SSSR count). The van der Waals surface area contributed by atoms with Crippen LogP contribution in [0.25, 0.3) is 0 Å². The molecule has 1 aromatic rings. The number of fused-ring (bicyclic) bond motifs is 1. The molecular weight excluding hydrogens is 360 g/mol. The van der Waals surface area contributed by atoms with Crippen molar-refractivity contribution in [3.8, 4) is 0 Å². The van der Waals surface area contributed by atoms with E-state index in [1.54, 1.807) is 0 Å². The van der Waals surface area contributed by atoms with Crippen molar-refractivity contribution in [3.63, 3.8) is 0 Å². The maximum absolute atomic E-state index is 12.3. The number of aromatic nitrogens is 1. The quantitative estimate of drug-likeness (QED) is 0.838. The molecule has 0 unspecified atom stereocenters. The van der Waals surface area contributed by atoms with Crippen molar-refractivity contribution in [2.45, 2.75) is 82.1 Å². The summed E-state index contributed by atoms with van der Waals surface area (Å²) in [5.41, 5.74) is 3.80. The second kappa shape index (κ2) is 6.12. The molecule has 2 aliphatic heterocycles. The first-order valence-electron chi connectivity index (χ1n) is 11.3. The predicted octanol–water partition coefficient (Wildman–Crippen LogP) is 4.27. The number of hydrogen-bond donors (Lipinski definition) is 1. The Bertz CT molecular complexity index is 922. The number of ketones is 1. The normalized spacial score (nSPS) is 42.6. The number of hydrogen-bond acceptors (Lipinski definition) is 4. The van der Waals surface area contributed by atoms with E-state index in [4.69, 9.17) is 4.74 Å². The second-order valence-corrected chi connectivity index (χ2v) is 10.2. The summed E-state index contributed by atoms with van der Waals surface area (Å²) in [5, 5.41) is 3.86. The Morgan fingerprint density at radius 1 is 1.28 bits per heavy atom. The molecule has 5 atom stereocenters. The molecule has 3 heterocycles. The van der Waals surface area contributed by atoms with Gasteiger partial charge in [0.05, 0.1) is 11.2 Å².